The molecule has 1 amide bonds. The van der Waals surface area contributed by atoms with Crippen LogP contribution in [0.15, 0.2) is 6.07 Å². The summed E-state index contributed by atoms with van der Waals surface area (Å²) < 4.78 is 4.95. The Kier molecular flexibility index (Phi) is 6.52. The molecule has 1 aromatic heterocycles. The zero-order valence-corrected chi connectivity index (χ0v) is 11.9. The lowest BCUT2D eigenvalue weighted by Crippen LogP contribution is -2.16. The number of rotatable bonds is 7. The van der Waals surface area contributed by atoms with Crippen molar-refractivity contribution < 1.29 is 9.53 Å². The van der Waals surface area contributed by atoms with Crippen molar-refractivity contribution in [3.8, 4) is 5.88 Å². The molecule has 1 aromatic rings. The third-order valence-corrected chi connectivity index (χ3v) is 2.85. The second-order valence-electron chi connectivity index (χ2n) is 4.33. The van der Waals surface area contributed by atoms with Crippen LogP contribution in [0.2, 0.25) is 5.15 Å². The topological polar surface area (TPSA) is 90.1 Å². The number of hydrogen-bond acceptors (Lipinski definition) is 5. The molecule has 0 aromatic carbocycles. The molecule has 0 radical (unpaired) electrons. The van der Waals surface area contributed by atoms with Gasteiger partial charge in [0.25, 0.3) is 0 Å². The fourth-order valence-electron chi connectivity index (χ4n) is 1.55. The molecule has 1 heterocycles. The molecule has 0 aliphatic heterocycles. The molecule has 0 fully saturated rings. The van der Waals surface area contributed by atoms with Gasteiger partial charge in [-0.05, 0) is 25.3 Å². The quantitative estimate of drug-likeness (QED) is 0.747. The van der Waals surface area contributed by atoms with Crippen molar-refractivity contribution >= 4 is 23.5 Å². The van der Waals surface area contributed by atoms with Gasteiger partial charge in [-0.3, -0.25) is 10.1 Å². The van der Waals surface area contributed by atoms with Crippen molar-refractivity contribution in [3.63, 3.8) is 0 Å². The highest BCUT2D eigenvalue weighted by Gasteiger charge is 2.09. The van der Waals surface area contributed by atoms with Crippen LogP contribution in [0.3, 0.4) is 0 Å². The Morgan fingerprint density at radius 3 is 2.89 bits per heavy atom. The maximum atomic E-state index is 11.7. The standard InChI is InChI=1S/C12H19ClN4O2/c1-8(5-6-14)3-4-10(18)16-12-15-9(13)7-11(17-12)19-2/h7-8H,3-6,14H2,1-2H3,(H,15,16,17,18). The second kappa shape index (κ2) is 7.91. The van der Waals surface area contributed by atoms with E-state index in [1.807, 2.05) is 0 Å². The van der Waals surface area contributed by atoms with Gasteiger partial charge in [-0.25, -0.2) is 4.98 Å². The van der Waals surface area contributed by atoms with Crippen LogP contribution in [-0.2, 0) is 4.79 Å². The molecule has 0 aliphatic carbocycles. The van der Waals surface area contributed by atoms with Crippen molar-refractivity contribution in [1.29, 1.82) is 0 Å². The van der Waals surface area contributed by atoms with Crippen LogP contribution in [0.1, 0.15) is 26.2 Å². The Bertz CT molecular complexity index is 428. The summed E-state index contributed by atoms with van der Waals surface area (Å²) in [5.41, 5.74) is 5.46. The van der Waals surface area contributed by atoms with E-state index in [0.717, 1.165) is 12.8 Å². The van der Waals surface area contributed by atoms with Crippen LogP contribution >= 0.6 is 11.6 Å². The second-order valence-corrected chi connectivity index (χ2v) is 4.71. The Morgan fingerprint density at radius 1 is 1.53 bits per heavy atom. The SMILES string of the molecule is COc1cc(Cl)nc(NC(=O)CCC(C)CCN)n1. The smallest absolute Gasteiger partial charge is 0.234 e. The summed E-state index contributed by atoms with van der Waals surface area (Å²) in [6.45, 7) is 2.70. The molecular formula is C12H19ClN4O2. The largest absolute Gasteiger partial charge is 0.481 e. The third-order valence-electron chi connectivity index (χ3n) is 2.66. The number of hydrogen-bond donors (Lipinski definition) is 2. The Morgan fingerprint density at radius 2 is 2.26 bits per heavy atom. The van der Waals surface area contributed by atoms with E-state index >= 15 is 0 Å². The Labute approximate surface area is 117 Å². The van der Waals surface area contributed by atoms with Crippen LogP contribution in [0.4, 0.5) is 5.95 Å². The summed E-state index contributed by atoms with van der Waals surface area (Å²) in [7, 11) is 1.47. The van der Waals surface area contributed by atoms with Gasteiger partial charge in [0.05, 0.1) is 7.11 Å². The van der Waals surface area contributed by atoms with Crippen molar-refractivity contribution in [2.75, 3.05) is 19.0 Å². The zero-order chi connectivity index (χ0) is 14.3. The first-order chi connectivity index (χ1) is 9.05. The predicted octanol–water partition coefficient (Wildman–Crippen LogP) is 1.84. The van der Waals surface area contributed by atoms with Crippen molar-refractivity contribution in [2.45, 2.75) is 26.2 Å². The monoisotopic (exact) mass is 286 g/mol. The highest BCUT2D eigenvalue weighted by atomic mass is 35.5. The van der Waals surface area contributed by atoms with Gasteiger partial charge in [0, 0.05) is 12.5 Å². The highest BCUT2D eigenvalue weighted by Crippen LogP contribution is 2.16. The average Bonchev–Trinajstić information content (AvgIpc) is 2.36. The lowest BCUT2D eigenvalue weighted by Gasteiger charge is -2.09. The van der Waals surface area contributed by atoms with Crippen LogP contribution < -0.4 is 15.8 Å². The third kappa shape index (κ3) is 5.85. The van der Waals surface area contributed by atoms with E-state index in [-0.39, 0.29) is 17.0 Å². The number of carbonyl (C=O) groups is 1. The lowest BCUT2D eigenvalue weighted by atomic mass is 10.0. The normalized spacial score (nSPS) is 12.0. The fourth-order valence-corrected chi connectivity index (χ4v) is 1.72. The molecule has 0 saturated carbocycles. The van der Waals surface area contributed by atoms with Gasteiger partial charge in [0.1, 0.15) is 5.15 Å². The number of carbonyl (C=O) groups excluding carboxylic acids is 1. The molecule has 0 saturated heterocycles. The van der Waals surface area contributed by atoms with Crippen molar-refractivity contribution in [1.82, 2.24) is 9.97 Å². The molecule has 106 valence electrons. The van der Waals surface area contributed by atoms with E-state index in [1.54, 1.807) is 0 Å². The van der Waals surface area contributed by atoms with Gasteiger partial charge < -0.3 is 10.5 Å². The first-order valence-electron chi connectivity index (χ1n) is 6.13. The summed E-state index contributed by atoms with van der Waals surface area (Å²) in [6.07, 6.45) is 2.09. The molecule has 1 unspecified atom stereocenters. The summed E-state index contributed by atoms with van der Waals surface area (Å²) in [5, 5.41) is 2.82. The molecular weight excluding hydrogens is 268 g/mol. The number of methoxy groups -OCH3 is 1. The number of amides is 1. The van der Waals surface area contributed by atoms with Gasteiger partial charge in [-0.2, -0.15) is 4.98 Å². The molecule has 19 heavy (non-hydrogen) atoms. The molecule has 0 spiro atoms. The van der Waals surface area contributed by atoms with E-state index in [1.165, 1.54) is 13.2 Å². The maximum absolute atomic E-state index is 11.7. The molecule has 7 heteroatoms. The van der Waals surface area contributed by atoms with E-state index in [2.05, 4.69) is 22.2 Å². The molecule has 1 atom stereocenters. The molecule has 0 bridgehead atoms. The highest BCUT2D eigenvalue weighted by molar-refractivity contribution is 6.29. The number of nitrogens with one attached hydrogen (secondary N) is 1. The number of aromatic nitrogens is 2. The summed E-state index contributed by atoms with van der Waals surface area (Å²) in [6, 6.07) is 1.47. The van der Waals surface area contributed by atoms with E-state index in [9.17, 15) is 4.79 Å². The number of nitrogens with zero attached hydrogens (tertiary/aromatic N) is 2. The predicted molar refractivity (Wildman–Crippen MR) is 74.3 cm³/mol. The van der Waals surface area contributed by atoms with E-state index < -0.39 is 0 Å². The number of ether oxygens (including phenoxy) is 1. The zero-order valence-electron chi connectivity index (χ0n) is 11.1. The van der Waals surface area contributed by atoms with Gasteiger partial charge in [0.15, 0.2) is 0 Å². The minimum Gasteiger partial charge on any atom is -0.481 e. The lowest BCUT2D eigenvalue weighted by molar-refractivity contribution is -0.116. The minimum absolute atomic E-state index is 0.145. The fraction of sp³-hybridized carbons (Fsp3) is 0.583. The Hall–Kier alpha value is -1.40. The summed E-state index contributed by atoms with van der Waals surface area (Å²) in [5.74, 6) is 0.742. The number of halogens is 1. The molecule has 1 rings (SSSR count). The van der Waals surface area contributed by atoms with Crippen LogP contribution in [0.25, 0.3) is 0 Å². The summed E-state index contributed by atoms with van der Waals surface area (Å²) in [4.78, 5) is 19.6. The van der Waals surface area contributed by atoms with E-state index in [0.29, 0.717) is 24.8 Å². The van der Waals surface area contributed by atoms with Crippen LogP contribution in [0, 0.1) is 5.92 Å². The molecule has 0 aliphatic rings. The number of anilines is 1. The van der Waals surface area contributed by atoms with E-state index in [4.69, 9.17) is 22.1 Å². The van der Waals surface area contributed by atoms with Gasteiger partial charge in [0.2, 0.25) is 17.7 Å². The summed E-state index contributed by atoms with van der Waals surface area (Å²) >= 11 is 5.78. The Balaban J connectivity index is 2.50. The van der Waals surface area contributed by atoms with Crippen molar-refractivity contribution in [3.05, 3.63) is 11.2 Å². The average molecular weight is 287 g/mol. The van der Waals surface area contributed by atoms with Gasteiger partial charge >= 0.3 is 0 Å². The minimum atomic E-state index is -0.145. The first-order valence-corrected chi connectivity index (χ1v) is 6.51. The van der Waals surface area contributed by atoms with Crippen molar-refractivity contribution in [2.24, 2.45) is 11.7 Å². The molecule has 6 nitrogen and oxygen atoms in total. The molecule has 3 N–H and O–H groups in total. The first kappa shape index (κ1) is 15.7. The maximum Gasteiger partial charge on any atom is 0.234 e. The van der Waals surface area contributed by atoms with Gasteiger partial charge in [-0.1, -0.05) is 18.5 Å². The van der Waals surface area contributed by atoms with Crippen LogP contribution in [-0.4, -0.2) is 29.5 Å². The van der Waals surface area contributed by atoms with Crippen LogP contribution in [0.5, 0.6) is 5.88 Å². The number of nitrogens with two attached hydrogens (primary N) is 1. The van der Waals surface area contributed by atoms with Gasteiger partial charge in [-0.15, -0.1) is 0 Å².